The summed E-state index contributed by atoms with van der Waals surface area (Å²) < 4.78 is 39.2. The van der Waals surface area contributed by atoms with Gasteiger partial charge in [0.25, 0.3) is 5.91 Å². The van der Waals surface area contributed by atoms with Crippen LogP contribution in [0.4, 0.5) is 14.5 Å². The normalized spacial score (nSPS) is 19.5. The minimum Gasteiger partial charge on any atom is -0.494 e. The number of allylic oxidation sites excluding steroid dienone is 2. The summed E-state index contributed by atoms with van der Waals surface area (Å²) in [6.07, 6.45) is 6.99. The van der Waals surface area contributed by atoms with Gasteiger partial charge in [0.2, 0.25) is 5.82 Å². The molecule has 0 aromatic heterocycles. The Balaban J connectivity index is 1.38. The molecular formula is C29H31F2N5O3. The third kappa shape index (κ3) is 5.22. The average molecular weight is 536 g/mol. The number of halogens is 2. The van der Waals surface area contributed by atoms with Crippen molar-refractivity contribution in [1.29, 1.82) is 0 Å². The number of aryl methyl sites for hydroxylation is 1. The van der Waals surface area contributed by atoms with Gasteiger partial charge in [-0.25, -0.2) is 9.38 Å². The fourth-order valence-electron chi connectivity index (χ4n) is 4.97. The van der Waals surface area contributed by atoms with Gasteiger partial charge in [0.05, 0.1) is 31.6 Å². The molecule has 3 aliphatic rings. The van der Waals surface area contributed by atoms with Crippen molar-refractivity contribution >= 4 is 28.7 Å². The maximum atomic E-state index is 14.8. The Kier molecular flexibility index (Phi) is 7.58. The fourth-order valence-corrected chi connectivity index (χ4v) is 4.97. The topological polar surface area (TPSA) is 110 Å². The molecule has 2 aromatic carbocycles. The van der Waals surface area contributed by atoms with E-state index in [1.54, 1.807) is 18.5 Å². The van der Waals surface area contributed by atoms with Crippen LogP contribution in [0.3, 0.4) is 0 Å². The van der Waals surface area contributed by atoms with Gasteiger partial charge in [0.1, 0.15) is 0 Å². The zero-order chi connectivity index (χ0) is 27.6. The summed E-state index contributed by atoms with van der Waals surface area (Å²) in [4.78, 5) is 22.2. The number of fused-ring (bicyclic) bond motifs is 1. The third-order valence-corrected chi connectivity index (χ3v) is 7.32. The first-order chi connectivity index (χ1) is 18.9. The van der Waals surface area contributed by atoms with Crippen molar-refractivity contribution in [2.24, 2.45) is 21.6 Å². The lowest BCUT2D eigenvalue weighted by molar-refractivity contribution is -0.0642. The molecule has 1 unspecified atom stereocenters. The average Bonchev–Trinajstić information content (AvgIpc) is 3.13. The molecule has 0 bridgehead atoms. The maximum Gasteiger partial charge on any atom is 0.252 e. The van der Waals surface area contributed by atoms with Crippen molar-refractivity contribution in [3.8, 4) is 5.75 Å². The van der Waals surface area contributed by atoms with Gasteiger partial charge < -0.3 is 25.8 Å². The van der Waals surface area contributed by atoms with E-state index < -0.39 is 17.2 Å². The number of nitrogens with zero attached hydrogens (tertiary/aromatic N) is 2. The quantitative estimate of drug-likeness (QED) is 0.492. The van der Waals surface area contributed by atoms with Gasteiger partial charge in [-0.15, -0.1) is 0 Å². The summed E-state index contributed by atoms with van der Waals surface area (Å²) in [5.74, 6) is -1.80. The molecule has 0 radical (unpaired) electrons. The summed E-state index contributed by atoms with van der Waals surface area (Å²) in [7, 11) is 1.30. The van der Waals surface area contributed by atoms with E-state index in [0.717, 1.165) is 17.0 Å². The molecule has 1 fully saturated rings. The molecule has 1 saturated heterocycles. The van der Waals surface area contributed by atoms with Gasteiger partial charge in [-0.3, -0.25) is 9.79 Å². The molecule has 5 rings (SSSR count). The van der Waals surface area contributed by atoms with Gasteiger partial charge in [0, 0.05) is 41.7 Å². The maximum absolute atomic E-state index is 14.8. The van der Waals surface area contributed by atoms with E-state index in [2.05, 4.69) is 20.6 Å². The van der Waals surface area contributed by atoms with Crippen LogP contribution in [0.25, 0.3) is 5.57 Å². The first-order valence-corrected chi connectivity index (χ1v) is 12.9. The number of amides is 1. The zero-order valence-corrected chi connectivity index (χ0v) is 21.9. The number of carbonyl (C=O) groups is 1. The van der Waals surface area contributed by atoms with Gasteiger partial charge in [0.15, 0.2) is 17.4 Å². The van der Waals surface area contributed by atoms with Crippen LogP contribution in [0.5, 0.6) is 5.75 Å². The predicted octanol–water partition coefficient (Wildman–Crippen LogP) is 4.22. The predicted molar refractivity (Wildman–Crippen MR) is 147 cm³/mol. The molecule has 204 valence electrons. The summed E-state index contributed by atoms with van der Waals surface area (Å²) in [5, 5.41) is 6.37. The number of carbonyl (C=O) groups excluding carboxylic acids is 1. The van der Waals surface area contributed by atoms with Crippen molar-refractivity contribution < 1.29 is 23.0 Å². The van der Waals surface area contributed by atoms with Gasteiger partial charge in [-0.2, -0.15) is 4.39 Å². The Bertz CT molecular complexity index is 1410. The van der Waals surface area contributed by atoms with E-state index >= 15 is 0 Å². The highest BCUT2D eigenvalue weighted by Gasteiger charge is 2.39. The number of nitrogens with two attached hydrogens (primary N) is 1. The van der Waals surface area contributed by atoms with Crippen LogP contribution in [0.1, 0.15) is 41.3 Å². The van der Waals surface area contributed by atoms with Crippen molar-refractivity contribution in [3.05, 3.63) is 77.1 Å². The summed E-state index contributed by atoms with van der Waals surface area (Å²) in [6, 6.07) is 8.47. The number of hydrogen-bond donors (Lipinski definition) is 3. The molecule has 1 atom stereocenters. The molecule has 1 amide bonds. The van der Waals surface area contributed by atoms with Crippen LogP contribution in [0, 0.1) is 17.6 Å². The van der Waals surface area contributed by atoms with E-state index in [1.807, 2.05) is 25.1 Å². The Morgan fingerprint density at radius 3 is 2.72 bits per heavy atom. The second-order valence-corrected chi connectivity index (χ2v) is 9.89. The van der Waals surface area contributed by atoms with Crippen molar-refractivity contribution in [3.63, 3.8) is 0 Å². The lowest BCUT2D eigenvalue weighted by Crippen LogP contribution is -2.66. The number of methoxy groups -OCH3 is 1. The molecule has 0 aliphatic carbocycles. The Labute approximate surface area is 225 Å². The van der Waals surface area contributed by atoms with E-state index in [1.165, 1.54) is 19.2 Å². The number of nitrogens with one attached hydrogen (secondary N) is 2. The Morgan fingerprint density at radius 2 is 2.03 bits per heavy atom. The molecular weight excluding hydrogens is 504 g/mol. The van der Waals surface area contributed by atoms with Crippen LogP contribution in [-0.2, 0) is 11.2 Å². The molecule has 10 heteroatoms. The van der Waals surface area contributed by atoms with Gasteiger partial charge in [-0.05, 0) is 60.7 Å². The first-order valence-electron chi connectivity index (χ1n) is 12.9. The molecule has 8 nitrogen and oxygen atoms in total. The highest BCUT2D eigenvalue weighted by Crippen LogP contribution is 2.35. The van der Waals surface area contributed by atoms with Crippen molar-refractivity contribution in [2.75, 3.05) is 32.2 Å². The molecule has 3 aliphatic heterocycles. The molecule has 2 aromatic rings. The van der Waals surface area contributed by atoms with E-state index in [4.69, 9.17) is 15.2 Å². The van der Waals surface area contributed by atoms with E-state index in [0.29, 0.717) is 56.0 Å². The number of hydrogen-bond acceptors (Lipinski definition) is 7. The van der Waals surface area contributed by atoms with Crippen LogP contribution in [-0.4, -0.2) is 49.9 Å². The highest BCUT2D eigenvalue weighted by atomic mass is 19.2. The summed E-state index contributed by atoms with van der Waals surface area (Å²) in [5.41, 5.74) is 9.06. The Morgan fingerprint density at radius 1 is 1.21 bits per heavy atom. The summed E-state index contributed by atoms with van der Waals surface area (Å²) >= 11 is 0. The minimum absolute atomic E-state index is 0.0765. The number of benzene rings is 2. The number of ether oxygens (including phenoxy) is 2. The molecule has 0 saturated carbocycles. The van der Waals surface area contributed by atoms with Gasteiger partial charge in [-0.1, -0.05) is 13.0 Å². The number of anilines is 1. The summed E-state index contributed by atoms with van der Waals surface area (Å²) in [6.45, 7) is 3.11. The van der Waals surface area contributed by atoms with Crippen LogP contribution >= 0.6 is 0 Å². The zero-order valence-electron chi connectivity index (χ0n) is 21.9. The monoisotopic (exact) mass is 535 g/mol. The molecule has 4 N–H and O–H groups in total. The molecule has 0 spiro atoms. The van der Waals surface area contributed by atoms with Crippen LogP contribution < -0.4 is 21.1 Å². The van der Waals surface area contributed by atoms with Crippen LogP contribution in [0.15, 0.2) is 58.8 Å². The standard InChI is InChI=1S/C29H31F2N5O3/c1-3-17-12-20(6-7-22(17)28(37)36-29(14-32)15-39-16-29)35-27-26-18(5-4-10-33-27)11-19(13-34-26)21-8-9-23(38-2)25(31)24(21)30/h4,6-10,12-13,18H,3,5,11,14-16,32H2,1-2H3,(H,33,35)(H,36,37). The lowest BCUT2D eigenvalue weighted by atomic mass is 9.86. The first kappa shape index (κ1) is 26.7. The SMILES string of the molecule is CCc1cc(NC2=NC=CCC3CC(c4ccc(OC)c(F)c4F)=CN=C23)ccc1C(=O)NC1(CN)COC1. The second-order valence-electron chi connectivity index (χ2n) is 9.89. The Hall–Kier alpha value is -3.89. The van der Waals surface area contributed by atoms with E-state index in [9.17, 15) is 13.6 Å². The second kappa shape index (κ2) is 11.1. The minimum atomic E-state index is -1.02. The van der Waals surface area contributed by atoms with Crippen molar-refractivity contribution in [2.45, 2.75) is 31.7 Å². The molecule has 39 heavy (non-hydrogen) atoms. The number of amidine groups is 1. The fraction of sp³-hybridized carbons (Fsp3) is 0.345. The number of rotatable bonds is 7. The largest absolute Gasteiger partial charge is 0.494 e. The molecule has 3 heterocycles. The number of aliphatic imine (C=N–C) groups is 2. The lowest BCUT2D eigenvalue weighted by Gasteiger charge is -2.41. The third-order valence-electron chi connectivity index (χ3n) is 7.32. The smallest absolute Gasteiger partial charge is 0.252 e. The van der Waals surface area contributed by atoms with E-state index in [-0.39, 0.29) is 23.1 Å². The van der Waals surface area contributed by atoms with Crippen LogP contribution in [0.2, 0.25) is 0 Å². The van der Waals surface area contributed by atoms with Crippen molar-refractivity contribution in [1.82, 2.24) is 5.32 Å². The van der Waals surface area contributed by atoms with Gasteiger partial charge >= 0.3 is 0 Å². The highest BCUT2D eigenvalue weighted by molar-refractivity contribution is 6.47.